The van der Waals surface area contributed by atoms with E-state index in [2.05, 4.69) is 11.9 Å². The number of nitrogens with two attached hydrogens (primary N) is 1. The molecule has 1 aliphatic rings. The van der Waals surface area contributed by atoms with Crippen LogP contribution in [0.1, 0.15) is 57.4 Å². The molecule has 146 valence electrons. The molecule has 0 unspecified atom stereocenters. The number of esters is 1. The van der Waals surface area contributed by atoms with Gasteiger partial charge in [-0.15, -0.1) is 0 Å². The van der Waals surface area contributed by atoms with Crippen molar-refractivity contribution in [3.63, 3.8) is 0 Å². The van der Waals surface area contributed by atoms with Gasteiger partial charge in [-0.1, -0.05) is 26.2 Å². The number of aliphatic imine (C=N–C) groups is 1. The van der Waals surface area contributed by atoms with Gasteiger partial charge in [0.05, 0.1) is 5.92 Å². The molecule has 0 spiro atoms. The van der Waals surface area contributed by atoms with Gasteiger partial charge in [0.1, 0.15) is 23.6 Å². The van der Waals surface area contributed by atoms with Crippen LogP contribution in [-0.4, -0.2) is 12.2 Å². The normalized spacial score (nSPS) is 20.1. The van der Waals surface area contributed by atoms with Gasteiger partial charge in [-0.25, -0.2) is 4.99 Å². The maximum absolute atomic E-state index is 12.4. The van der Waals surface area contributed by atoms with Crippen molar-refractivity contribution in [2.45, 2.75) is 51.9 Å². The highest BCUT2D eigenvalue weighted by Crippen LogP contribution is 2.32. The minimum atomic E-state index is -0.228. The first kappa shape index (κ1) is 21.2. The second kappa shape index (κ2) is 10.9. The fourth-order valence-corrected chi connectivity index (χ4v) is 3.35. The van der Waals surface area contributed by atoms with Crippen molar-refractivity contribution in [3.05, 3.63) is 41.2 Å². The number of carbonyl (C=O) groups excluding carboxylic acids is 1. The monoisotopic (exact) mass is 378 g/mol. The summed E-state index contributed by atoms with van der Waals surface area (Å²) in [6, 6.07) is 10.3. The highest BCUT2D eigenvalue weighted by molar-refractivity contribution is 5.81. The Labute approximate surface area is 166 Å². The summed E-state index contributed by atoms with van der Waals surface area (Å²) in [5.74, 6) is 1.07. The van der Waals surface area contributed by atoms with Crippen LogP contribution in [-0.2, 0) is 4.79 Å². The Morgan fingerprint density at radius 2 is 1.89 bits per heavy atom. The third-order valence-corrected chi connectivity index (χ3v) is 5.07. The summed E-state index contributed by atoms with van der Waals surface area (Å²) in [6.45, 7) is 2.21. The van der Waals surface area contributed by atoms with Gasteiger partial charge in [0.2, 0.25) is 0 Å². The van der Waals surface area contributed by atoms with Gasteiger partial charge in [-0.3, -0.25) is 4.79 Å². The lowest BCUT2D eigenvalue weighted by molar-refractivity contribution is -0.140. The first-order chi connectivity index (χ1) is 13.6. The van der Waals surface area contributed by atoms with Crippen molar-refractivity contribution in [2.24, 2.45) is 22.6 Å². The molecule has 1 aromatic rings. The van der Waals surface area contributed by atoms with Crippen LogP contribution in [0.5, 0.6) is 5.75 Å². The van der Waals surface area contributed by atoms with Crippen LogP contribution in [0.4, 0.5) is 0 Å². The van der Waals surface area contributed by atoms with E-state index in [9.17, 15) is 4.79 Å². The Balaban J connectivity index is 1.88. The maximum Gasteiger partial charge on any atom is 0.314 e. The molecule has 1 aliphatic carbocycles. The van der Waals surface area contributed by atoms with Crippen molar-refractivity contribution in [1.82, 2.24) is 0 Å². The van der Waals surface area contributed by atoms with E-state index in [1.807, 2.05) is 0 Å². The predicted molar refractivity (Wildman–Crippen MR) is 107 cm³/mol. The number of unbranched alkanes of at least 4 members (excludes halogenated alkanes) is 1. The molecular weight excluding hydrogens is 352 g/mol. The van der Waals surface area contributed by atoms with Crippen LogP contribution in [0.3, 0.4) is 0 Å². The van der Waals surface area contributed by atoms with E-state index in [1.165, 1.54) is 25.5 Å². The Hall–Kier alpha value is -3.12. The number of hydrogen-bond acceptors (Lipinski definition) is 6. The summed E-state index contributed by atoms with van der Waals surface area (Å²) in [5.41, 5.74) is 5.74. The number of benzene rings is 1. The number of ether oxygens (including phenoxy) is 1. The van der Waals surface area contributed by atoms with Gasteiger partial charge in [-0.05, 0) is 61.4 Å². The quantitative estimate of drug-likeness (QED) is 0.330. The molecule has 2 rings (SSSR count). The van der Waals surface area contributed by atoms with E-state index in [0.29, 0.717) is 11.3 Å². The third-order valence-electron chi connectivity index (χ3n) is 5.07. The predicted octanol–water partition coefficient (Wildman–Crippen LogP) is 4.22. The summed E-state index contributed by atoms with van der Waals surface area (Å²) in [4.78, 5) is 16.3. The lowest BCUT2D eigenvalue weighted by atomic mass is 9.80. The second-order valence-electron chi connectivity index (χ2n) is 7.09. The van der Waals surface area contributed by atoms with Gasteiger partial charge < -0.3 is 10.5 Å². The van der Waals surface area contributed by atoms with Crippen LogP contribution < -0.4 is 10.5 Å². The van der Waals surface area contributed by atoms with Crippen molar-refractivity contribution in [2.75, 3.05) is 0 Å². The van der Waals surface area contributed by atoms with Crippen molar-refractivity contribution < 1.29 is 9.53 Å². The minimum Gasteiger partial charge on any atom is -0.426 e. The summed E-state index contributed by atoms with van der Waals surface area (Å²) in [7, 11) is 0. The molecule has 0 amide bonds. The fourth-order valence-electron chi connectivity index (χ4n) is 3.35. The molecule has 2 N–H and O–H groups in total. The highest BCUT2D eigenvalue weighted by Gasteiger charge is 2.27. The first-order valence-electron chi connectivity index (χ1n) is 9.73. The van der Waals surface area contributed by atoms with Crippen molar-refractivity contribution in [1.29, 1.82) is 10.5 Å². The molecule has 0 bridgehead atoms. The molecule has 1 aromatic carbocycles. The zero-order valence-electron chi connectivity index (χ0n) is 16.2. The standard InChI is InChI=1S/C22H26N4O2/c1-2-3-4-16-5-9-18(10-6-16)22(27)28-19-11-7-17(8-12-19)15-26-21(14-24)20(25)13-23/h7-8,11-12,15-16,18H,2-6,9-10,25H2,1H3/b21-20-,26-15?. The largest absolute Gasteiger partial charge is 0.426 e. The molecule has 6 heteroatoms. The summed E-state index contributed by atoms with van der Waals surface area (Å²) in [5, 5.41) is 17.6. The van der Waals surface area contributed by atoms with E-state index < -0.39 is 0 Å². The lowest BCUT2D eigenvalue weighted by Crippen LogP contribution is -2.25. The smallest absolute Gasteiger partial charge is 0.314 e. The average molecular weight is 378 g/mol. The molecule has 6 nitrogen and oxygen atoms in total. The molecule has 0 aliphatic heterocycles. The van der Waals surface area contributed by atoms with Crippen LogP contribution >= 0.6 is 0 Å². The highest BCUT2D eigenvalue weighted by atomic mass is 16.5. The minimum absolute atomic E-state index is 0.0172. The topological polar surface area (TPSA) is 112 Å². The van der Waals surface area contributed by atoms with Crippen molar-refractivity contribution in [3.8, 4) is 17.9 Å². The maximum atomic E-state index is 12.4. The first-order valence-corrected chi connectivity index (χ1v) is 9.73. The van der Waals surface area contributed by atoms with Gasteiger partial charge in [0.15, 0.2) is 5.70 Å². The third kappa shape index (κ3) is 6.25. The molecule has 28 heavy (non-hydrogen) atoms. The Morgan fingerprint density at radius 3 is 2.46 bits per heavy atom. The molecule has 0 saturated heterocycles. The Kier molecular flexibility index (Phi) is 8.24. The van der Waals surface area contributed by atoms with E-state index in [-0.39, 0.29) is 23.3 Å². The average Bonchev–Trinajstić information content (AvgIpc) is 2.73. The van der Waals surface area contributed by atoms with E-state index >= 15 is 0 Å². The van der Waals surface area contributed by atoms with E-state index in [0.717, 1.165) is 31.6 Å². The van der Waals surface area contributed by atoms with Gasteiger partial charge in [0.25, 0.3) is 0 Å². The Bertz CT molecular complexity index is 804. The molecule has 0 heterocycles. The fraction of sp³-hybridized carbons (Fsp3) is 0.455. The summed E-state index contributed by atoms with van der Waals surface area (Å²) < 4.78 is 5.52. The van der Waals surface area contributed by atoms with Crippen LogP contribution in [0.25, 0.3) is 0 Å². The van der Waals surface area contributed by atoms with Crippen molar-refractivity contribution >= 4 is 12.2 Å². The molecule has 1 saturated carbocycles. The number of nitrogens with zero attached hydrogens (tertiary/aromatic N) is 3. The summed E-state index contributed by atoms with van der Waals surface area (Å²) in [6.07, 6.45) is 9.22. The Morgan fingerprint density at radius 1 is 1.21 bits per heavy atom. The second-order valence-corrected chi connectivity index (χ2v) is 7.09. The number of allylic oxidation sites excluding steroid dienone is 2. The van der Waals surface area contributed by atoms with Gasteiger partial charge in [-0.2, -0.15) is 10.5 Å². The van der Waals surface area contributed by atoms with Crippen LogP contribution in [0.15, 0.2) is 40.7 Å². The van der Waals surface area contributed by atoms with Gasteiger partial charge in [0, 0.05) is 6.21 Å². The van der Waals surface area contributed by atoms with Gasteiger partial charge >= 0.3 is 5.97 Å². The molecule has 0 radical (unpaired) electrons. The van der Waals surface area contributed by atoms with Crippen LogP contribution in [0.2, 0.25) is 0 Å². The zero-order chi connectivity index (χ0) is 20.4. The number of nitriles is 2. The summed E-state index contributed by atoms with van der Waals surface area (Å²) >= 11 is 0. The number of rotatable bonds is 7. The molecule has 1 fully saturated rings. The zero-order valence-corrected chi connectivity index (χ0v) is 16.2. The lowest BCUT2D eigenvalue weighted by Gasteiger charge is -2.27. The number of carbonyl (C=O) groups is 1. The number of hydrogen-bond donors (Lipinski definition) is 1. The SMILES string of the molecule is CCCCC1CCC(C(=O)Oc2ccc(C=N/C(C#N)=C(\N)C#N)cc2)CC1. The molecule has 0 atom stereocenters. The van der Waals surface area contributed by atoms with E-state index in [1.54, 1.807) is 36.4 Å². The van der Waals surface area contributed by atoms with Crippen LogP contribution in [0, 0.1) is 34.5 Å². The molecular formula is C22H26N4O2. The molecule has 0 aromatic heterocycles. The van der Waals surface area contributed by atoms with E-state index in [4.69, 9.17) is 21.0 Å².